The number of rotatable bonds is 1. The number of carboxylic acid groups (broad SMARTS) is 1. The van der Waals surface area contributed by atoms with Crippen molar-refractivity contribution < 1.29 is 9.90 Å². The van der Waals surface area contributed by atoms with Crippen molar-refractivity contribution in [1.82, 2.24) is 0 Å². The average Bonchev–Trinajstić information content (AvgIpc) is 1.35. The minimum absolute atomic E-state index is 0. The Morgan fingerprint density at radius 1 is 1.71 bits per heavy atom. The number of carboxylic acids is 1. The van der Waals surface area contributed by atoms with Crippen LogP contribution < -0.4 is 0 Å². The Kier molecular flexibility index (Phi) is 8.92. The Hall–Kier alpha value is 0.132. The van der Waals surface area contributed by atoms with Gasteiger partial charge in [0.1, 0.15) is 0 Å². The molecule has 0 aromatic rings. The molecule has 0 fully saturated rings. The van der Waals surface area contributed by atoms with Crippen LogP contribution in [-0.4, -0.2) is 38.4 Å². The van der Waals surface area contributed by atoms with Crippen molar-refractivity contribution in [3.05, 3.63) is 12.2 Å². The molecule has 0 aromatic carbocycles. The van der Waals surface area contributed by atoms with Gasteiger partial charge < -0.3 is 5.11 Å². The van der Waals surface area contributed by atoms with E-state index in [9.17, 15) is 4.79 Å². The summed E-state index contributed by atoms with van der Waals surface area (Å²) in [6, 6.07) is 0. The van der Waals surface area contributed by atoms with Gasteiger partial charge in [-0.25, -0.2) is 4.79 Å². The Morgan fingerprint density at radius 3 is 2.14 bits per heavy atom. The molecule has 0 atom stereocenters. The fourth-order valence-electron chi connectivity index (χ4n) is 0.143. The molecule has 7 heavy (non-hydrogen) atoms. The van der Waals surface area contributed by atoms with Crippen LogP contribution in [-0.2, 0) is 4.79 Å². The van der Waals surface area contributed by atoms with E-state index < -0.39 is 5.97 Å². The summed E-state index contributed by atoms with van der Waals surface area (Å²) in [7, 11) is 0. The first-order valence-corrected chi connectivity index (χ1v) is 1.63. The van der Waals surface area contributed by atoms with Crippen molar-refractivity contribution in [2.45, 2.75) is 6.92 Å². The van der Waals surface area contributed by atoms with Crippen LogP contribution in [0.5, 0.6) is 0 Å². The summed E-state index contributed by atoms with van der Waals surface area (Å²) >= 11 is 0. The van der Waals surface area contributed by atoms with E-state index in [1.165, 1.54) is 6.08 Å². The van der Waals surface area contributed by atoms with Crippen molar-refractivity contribution in [2.24, 2.45) is 0 Å². The topological polar surface area (TPSA) is 37.3 Å². The van der Waals surface area contributed by atoms with E-state index in [4.69, 9.17) is 5.11 Å². The average molecular weight is 297 g/mol. The Balaban J connectivity index is 0. The molecule has 0 rings (SSSR count). The molecule has 0 heterocycles. The normalized spacial score (nSPS) is 8.14. The second-order valence-electron chi connectivity index (χ2n) is 0.838. The molecular weight excluding hydrogens is 287 g/mol. The summed E-state index contributed by atoms with van der Waals surface area (Å²) in [4.78, 5) is 9.51. The van der Waals surface area contributed by atoms with Gasteiger partial charge in [0, 0.05) is 6.08 Å². The zero-order valence-electron chi connectivity index (χ0n) is 3.51. The molecule has 0 unspecified atom stereocenters. The van der Waals surface area contributed by atoms with Gasteiger partial charge >= 0.3 is 33.3 Å². The molecule has 0 aliphatic heterocycles. The van der Waals surface area contributed by atoms with Crippen molar-refractivity contribution in [1.29, 1.82) is 0 Å². The van der Waals surface area contributed by atoms with Gasteiger partial charge in [-0.3, -0.25) is 0 Å². The first kappa shape index (κ1) is 10.2. The fourth-order valence-corrected chi connectivity index (χ4v) is 0.143. The second kappa shape index (κ2) is 6.13. The third-order valence-electron chi connectivity index (χ3n) is 0.309. The molecule has 3 heteroatoms. The summed E-state index contributed by atoms with van der Waals surface area (Å²) in [6.45, 7) is 1.66. The zero-order chi connectivity index (χ0) is 4.99. The molecule has 0 aliphatic rings. The van der Waals surface area contributed by atoms with Crippen LogP contribution in [0.2, 0.25) is 0 Å². The van der Waals surface area contributed by atoms with Gasteiger partial charge in [-0.1, -0.05) is 6.08 Å². The maximum absolute atomic E-state index is 9.51. The van der Waals surface area contributed by atoms with Crippen molar-refractivity contribution >= 4 is 33.3 Å². The number of aliphatic carboxylic acids is 1. The van der Waals surface area contributed by atoms with E-state index in [1.807, 2.05) is 0 Å². The first-order chi connectivity index (χ1) is 2.77. The molecule has 0 bridgehead atoms. The van der Waals surface area contributed by atoms with Crippen LogP contribution in [0.1, 0.15) is 6.92 Å². The monoisotopic (exact) mass is 298 g/mol. The minimum atomic E-state index is -0.891. The van der Waals surface area contributed by atoms with Crippen molar-refractivity contribution in [3.8, 4) is 0 Å². The summed E-state index contributed by atoms with van der Waals surface area (Å²) < 4.78 is 0. The SMILES string of the molecule is C/C=C/C(=O)O.[PbH4]. The van der Waals surface area contributed by atoms with E-state index in [0.29, 0.717) is 0 Å². The number of allylic oxidation sites excluding steroid dienone is 1. The van der Waals surface area contributed by atoms with Gasteiger partial charge in [0.15, 0.2) is 0 Å². The number of hydrogen-bond donors (Lipinski definition) is 1. The van der Waals surface area contributed by atoms with Crippen LogP contribution in [0.15, 0.2) is 12.2 Å². The van der Waals surface area contributed by atoms with Crippen molar-refractivity contribution in [2.75, 3.05) is 0 Å². The standard InChI is InChI=1S/C4H6O2.Pb.4H/c1-2-3-4(5)6;;;;;/h2-3H,1H3,(H,5,6);;;;;/b3-2+;;;;;. The number of hydrogen-bond acceptors (Lipinski definition) is 1. The quantitative estimate of drug-likeness (QED) is 0.508. The Morgan fingerprint density at radius 2 is 2.14 bits per heavy atom. The van der Waals surface area contributed by atoms with E-state index >= 15 is 0 Å². The summed E-state index contributed by atoms with van der Waals surface area (Å²) in [6.07, 6.45) is 2.56. The predicted molar refractivity (Wildman–Crippen MR) is 33.8 cm³/mol. The molecule has 42 valence electrons. The molecule has 0 aromatic heterocycles. The van der Waals surface area contributed by atoms with Gasteiger partial charge in [-0.2, -0.15) is 0 Å². The second-order valence-corrected chi connectivity index (χ2v) is 0.838. The molecule has 0 spiro atoms. The first-order valence-electron chi connectivity index (χ1n) is 1.63. The summed E-state index contributed by atoms with van der Waals surface area (Å²) in [5.74, 6) is -0.891. The van der Waals surface area contributed by atoms with Gasteiger partial charge in [-0.05, 0) is 6.92 Å². The van der Waals surface area contributed by atoms with Gasteiger partial charge in [0.2, 0.25) is 0 Å². The zero-order valence-corrected chi connectivity index (χ0v) is 3.51. The molecular formula is C4H10O2Pb. The van der Waals surface area contributed by atoms with Crippen LogP contribution in [0, 0.1) is 0 Å². The maximum atomic E-state index is 9.51. The third-order valence-corrected chi connectivity index (χ3v) is 0.309. The van der Waals surface area contributed by atoms with E-state index in [1.54, 1.807) is 6.92 Å². The number of carbonyl (C=O) groups is 1. The van der Waals surface area contributed by atoms with Crippen LogP contribution in [0.3, 0.4) is 0 Å². The molecule has 2 nitrogen and oxygen atoms in total. The molecule has 0 radical (unpaired) electrons. The fraction of sp³-hybridized carbons (Fsp3) is 0.250. The van der Waals surface area contributed by atoms with Gasteiger partial charge in [0.05, 0.1) is 0 Å². The van der Waals surface area contributed by atoms with E-state index in [0.717, 1.165) is 6.08 Å². The Bertz CT molecular complexity index is 77.8. The Labute approximate surface area is 62.4 Å². The van der Waals surface area contributed by atoms with Crippen LogP contribution in [0.4, 0.5) is 0 Å². The van der Waals surface area contributed by atoms with Crippen LogP contribution in [0.25, 0.3) is 0 Å². The molecule has 0 aliphatic carbocycles. The van der Waals surface area contributed by atoms with E-state index in [2.05, 4.69) is 0 Å². The van der Waals surface area contributed by atoms with Crippen molar-refractivity contribution in [3.63, 3.8) is 0 Å². The van der Waals surface area contributed by atoms with Gasteiger partial charge in [-0.15, -0.1) is 0 Å². The summed E-state index contributed by atoms with van der Waals surface area (Å²) in [5, 5.41) is 7.83. The molecule has 0 saturated carbocycles. The van der Waals surface area contributed by atoms with Gasteiger partial charge in [0.25, 0.3) is 0 Å². The molecule has 0 saturated heterocycles. The third kappa shape index (κ3) is 10.7. The van der Waals surface area contributed by atoms with E-state index in [-0.39, 0.29) is 27.3 Å². The summed E-state index contributed by atoms with van der Waals surface area (Å²) in [5.41, 5.74) is 0. The molecule has 0 amide bonds. The predicted octanol–water partition coefficient (Wildman–Crippen LogP) is -0.804. The molecule has 1 N–H and O–H groups in total. The van der Waals surface area contributed by atoms with Crippen LogP contribution >= 0.6 is 0 Å².